The molecule has 0 aliphatic rings. The van der Waals surface area contributed by atoms with Crippen LogP contribution in [0.2, 0.25) is 0 Å². The average molecular weight is 309 g/mol. The van der Waals surface area contributed by atoms with Gasteiger partial charge in [0.15, 0.2) is 0 Å². The zero-order valence-electron chi connectivity index (χ0n) is 12.7. The van der Waals surface area contributed by atoms with Gasteiger partial charge in [-0.1, -0.05) is 6.07 Å². The van der Waals surface area contributed by atoms with E-state index in [-0.39, 0.29) is 17.8 Å². The van der Waals surface area contributed by atoms with Crippen molar-refractivity contribution in [1.82, 2.24) is 5.32 Å². The van der Waals surface area contributed by atoms with Crippen LogP contribution in [0.5, 0.6) is 0 Å². The second-order valence-corrected chi connectivity index (χ2v) is 5.65. The minimum atomic E-state index is -0.867. The third-order valence-electron chi connectivity index (χ3n) is 2.61. The summed E-state index contributed by atoms with van der Waals surface area (Å²) in [5, 5.41) is 13.4. The van der Waals surface area contributed by atoms with E-state index < -0.39 is 22.5 Å². The first-order valence-corrected chi connectivity index (χ1v) is 6.64. The Kier molecular flexibility index (Phi) is 5.44. The maximum absolute atomic E-state index is 11.5. The highest BCUT2D eigenvalue weighted by atomic mass is 16.6. The van der Waals surface area contributed by atoms with Crippen molar-refractivity contribution in [3.8, 4) is 0 Å². The van der Waals surface area contributed by atoms with E-state index in [1.54, 1.807) is 20.8 Å². The fourth-order valence-electron chi connectivity index (χ4n) is 1.72. The molecule has 3 N–H and O–H groups in total. The molecule has 0 saturated heterocycles. The highest BCUT2D eigenvalue weighted by molar-refractivity contribution is 5.97. The third-order valence-corrected chi connectivity index (χ3v) is 2.61. The second kappa shape index (κ2) is 6.88. The molecule has 0 unspecified atom stereocenters. The van der Waals surface area contributed by atoms with E-state index >= 15 is 0 Å². The van der Waals surface area contributed by atoms with Gasteiger partial charge in [0, 0.05) is 12.6 Å². The lowest BCUT2D eigenvalue weighted by atomic mass is 10.1. The van der Waals surface area contributed by atoms with Crippen LogP contribution in [0.15, 0.2) is 18.2 Å². The Morgan fingerprint density at radius 3 is 2.50 bits per heavy atom. The molecule has 1 aromatic carbocycles. The van der Waals surface area contributed by atoms with Crippen molar-refractivity contribution in [2.45, 2.75) is 32.8 Å². The summed E-state index contributed by atoms with van der Waals surface area (Å²) >= 11 is 0. The lowest BCUT2D eigenvalue weighted by Gasteiger charge is -2.19. The summed E-state index contributed by atoms with van der Waals surface area (Å²) in [6.07, 6.45) is -0.165. The second-order valence-electron chi connectivity index (χ2n) is 5.65. The summed E-state index contributed by atoms with van der Waals surface area (Å²) in [7, 11) is 0. The molecule has 0 aromatic heterocycles. The number of carbonyl (C=O) groups is 2. The van der Waals surface area contributed by atoms with Crippen molar-refractivity contribution in [2.24, 2.45) is 5.73 Å². The van der Waals surface area contributed by atoms with Gasteiger partial charge in [0.2, 0.25) is 0 Å². The topological polar surface area (TPSA) is 125 Å². The van der Waals surface area contributed by atoms with Crippen LogP contribution in [0, 0.1) is 10.1 Å². The van der Waals surface area contributed by atoms with Crippen LogP contribution in [0.4, 0.5) is 10.5 Å². The first-order valence-electron chi connectivity index (χ1n) is 6.64. The van der Waals surface area contributed by atoms with Crippen molar-refractivity contribution in [2.75, 3.05) is 6.54 Å². The number of nitrogens with two attached hydrogens (primary N) is 1. The predicted octanol–water partition coefficient (Wildman–Crippen LogP) is 1.76. The van der Waals surface area contributed by atoms with Crippen molar-refractivity contribution in [3.63, 3.8) is 0 Å². The maximum atomic E-state index is 11.5. The summed E-state index contributed by atoms with van der Waals surface area (Å²) in [5.41, 5.74) is 4.71. The summed E-state index contributed by atoms with van der Waals surface area (Å²) in [4.78, 5) is 32.8. The lowest BCUT2D eigenvalue weighted by Crippen LogP contribution is -2.33. The molecule has 0 saturated carbocycles. The van der Waals surface area contributed by atoms with E-state index in [0.29, 0.717) is 12.0 Å². The predicted molar refractivity (Wildman–Crippen MR) is 79.6 cm³/mol. The normalized spacial score (nSPS) is 10.9. The number of nitro groups is 1. The van der Waals surface area contributed by atoms with Gasteiger partial charge in [-0.05, 0) is 38.8 Å². The lowest BCUT2D eigenvalue weighted by molar-refractivity contribution is -0.385. The Morgan fingerprint density at radius 2 is 2.00 bits per heavy atom. The van der Waals surface area contributed by atoms with Gasteiger partial charge in [-0.15, -0.1) is 0 Å². The molecule has 0 spiro atoms. The molecular formula is C14H19N3O5. The van der Waals surface area contributed by atoms with Gasteiger partial charge in [0.1, 0.15) is 11.2 Å². The van der Waals surface area contributed by atoms with Gasteiger partial charge in [0.25, 0.3) is 11.6 Å². The number of alkyl carbamates (subject to hydrolysis) is 1. The van der Waals surface area contributed by atoms with E-state index in [4.69, 9.17) is 10.5 Å². The number of hydrogen-bond acceptors (Lipinski definition) is 5. The summed E-state index contributed by atoms with van der Waals surface area (Å²) in [6.45, 7) is 5.52. The number of nitro benzene ring substituents is 1. The van der Waals surface area contributed by atoms with E-state index in [1.165, 1.54) is 18.2 Å². The highest BCUT2D eigenvalue weighted by Gasteiger charge is 2.19. The van der Waals surface area contributed by atoms with Crippen molar-refractivity contribution >= 4 is 17.7 Å². The fraction of sp³-hybridized carbons (Fsp3) is 0.429. The number of primary amides is 1. The number of carbonyl (C=O) groups excluding carboxylic acids is 2. The number of nitrogens with zero attached hydrogens (tertiary/aromatic N) is 1. The quantitative estimate of drug-likeness (QED) is 0.633. The minimum absolute atomic E-state index is 0.153. The molecule has 0 radical (unpaired) electrons. The minimum Gasteiger partial charge on any atom is -0.444 e. The monoisotopic (exact) mass is 309 g/mol. The van der Waals surface area contributed by atoms with Crippen molar-refractivity contribution < 1.29 is 19.2 Å². The Bertz CT molecular complexity index is 593. The SMILES string of the molecule is CC(C)(C)OC(=O)NCCc1ccc([N+](=O)[O-])c(C(N)=O)c1. The van der Waals surface area contributed by atoms with Gasteiger partial charge in [-0.3, -0.25) is 14.9 Å². The Morgan fingerprint density at radius 1 is 1.36 bits per heavy atom. The number of nitrogens with one attached hydrogen (secondary N) is 1. The van der Waals surface area contributed by atoms with Crippen LogP contribution in [-0.4, -0.2) is 29.1 Å². The third kappa shape index (κ3) is 5.39. The number of amides is 2. The first kappa shape index (κ1) is 17.4. The van der Waals surface area contributed by atoms with E-state index in [2.05, 4.69) is 5.32 Å². The molecule has 120 valence electrons. The molecular weight excluding hydrogens is 290 g/mol. The number of benzene rings is 1. The molecule has 8 heteroatoms. The number of rotatable bonds is 5. The zero-order valence-corrected chi connectivity index (χ0v) is 12.7. The molecule has 1 rings (SSSR count). The molecule has 8 nitrogen and oxygen atoms in total. The van der Waals surface area contributed by atoms with E-state index in [1.807, 2.05) is 0 Å². The van der Waals surface area contributed by atoms with Crippen LogP contribution >= 0.6 is 0 Å². The molecule has 2 amide bonds. The highest BCUT2D eigenvalue weighted by Crippen LogP contribution is 2.19. The van der Waals surface area contributed by atoms with Crippen LogP contribution < -0.4 is 11.1 Å². The molecule has 0 atom stereocenters. The van der Waals surface area contributed by atoms with Gasteiger partial charge >= 0.3 is 6.09 Å². The van der Waals surface area contributed by atoms with Gasteiger partial charge < -0.3 is 15.8 Å². The molecule has 1 aromatic rings. The molecule has 0 fully saturated rings. The smallest absolute Gasteiger partial charge is 0.407 e. The summed E-state index contributed by atoms with van der Waals surface area (Å²) in [6, 6.07) is 4.10. The van der Waals surface area contributed by atoms with Crippen LogP contribution in [0.25, 0.3) is 0 Å². The molecule has 0 aliphatic heterocycles. The fourth-order valence-corrected chi connectivity index (χ4v) is 1.72. The van der Waals surface area contributed by atoms with E-state index in [9.17, 15) is 19.7 Å². The maximum Gasteiger partial charge on any atom is 0.407 e. The molecule has 22 heavy (non-hydrogen) atoms. The van der Waals surface area contributed by atoms with Gasteiger partial charge in [-0.2, -0.15) is 0 Å². The van der Waals surface area contributed by atoms with Gasteiger partial charge in [-0.25, -0.2) is 4.79 Å². The summed E-state index contributed by atoms with van der Waals surface area (Å²) in [5.74, 6) is -0.867. The van der Waals surface area contributed by atoms with Crippen molar-refractivity contribution in [3.05, 3.63) is 39.4 Å². The molecule has 0 heterocycles. The van der Waals surface area contributed by atoms with E-state index in [0.717, 1.165) is 0 Å². The van der Waals surface area contributed by atoms with Crippen LogP contribution in [0.1, 0.15) is 36.7 Å². The van der Waals surface area contributed by atoms with Crippen molar-refractivity contribution in [1.29, 1.82) is 0 Å². The Hall–Kier alpha value is -2.64. The molecule has 0 aliphatic carbocycles. The molecule has 0 bridgehead atoms. The number of ether oxygens (including phenoxy) is 1. The first-order chi connectivity index (χ1) is 10.1. The van der Waals surface area contributed by atoms with Crippen LogP contribution in [0.3, 0.4) is 0 Å². The zero-order chi connectivity index (χ0) is 16.9. The Labute approximate surface area is 127 Å². The summed E-state index contributed by atoms with van der Waals surface area (Å²) < 4.78 is 5.07. The van der Waals surface area contributed by atoms with Gasteiger partial charge in [0.05, 0.1) is 4.92 Å². The largest absolute Gasteiger partial charge is 0.444 e. The van der Waals surface area contributed by atoms with Crippen LogP contribution in [-0.2, 0) is 11.2 Å². The Balaban J connectivity index is 2.68. The standard InChI is InChI=1S/C14H19N3O5/c1-14(2,3)22-13(19)16-7-6-9-4-5-11(17(20)21)10(8-9)12(15)18/h4-5,8H,6-7H2,1-3H3,(H2,15,18)(H,16,19). The number of hydrogen-bond donors (Lipinski definition) is 2. The average Bonchev–Trinajstić information content (AvgIpc) is 2.36.